The molecular weight excluding hydrogens is 370 g/mol. The number of carbonyl (C=O) groups is 2. The van der Waals surface area contributed by atoms with Gasteiger partial charge in [0, 0.05) is 25.3 Å². The molecule has 0 unspecified atom stereocenters. The summed E-state index contributed by atoms with van der Waals surface area (Å²) in [5, 5.41) is 2.72. The number of nitrogens with zero attached hydrogens (tertiary/aromatic N) is 1. The SMILES string of the molecule is CONS(=O)(=O)c1ccc(C(=O)Nc2ccc(CC(=O)N(C)C)cc2)cc1. The first-order chi connectivity index (χ1) is 12.7. The predicted molar refractivity (Wildman–Crippen MR) is 101 cm³/mol. The molecular formula is C18H21N3O5S. The van der Waals surface area contributed by atoms with Gasteiger partial charge in [-0.1, -0.05) is 17.0 Å². The first-order valence-corrected chi connectivity index (χ1v) is 9.46. The second-order valence-electron chi connectivity index (χ2n) is 5.93. The fraction of sp³-hybridized carbons (Fsp3) is 0.222. The number of likely N-dealkylation sites (N-methyl/N-ethyl adjacent to an activating group) is 1. The molecule has 0 bridgehead atoms. The number of nitrogens with one attached hydrogen (secondary N) is 2. The molecule has 2 N–H and O–H groups in total. The average molecular weight is 391 g/mol. The summed E-state index contributed by atoms with van der Waals surface area (Å²) in [6.45, 7) is 0. The predicted octanol–water partition coefficient (Wildman–Crippen LogP) is 1.41. The molecule has 2 aromatic rings. The van der Waals surface area contributed by atoms with Crippen molar-refractivity contribution in [1.29, 1.82) is 0 Å². The maximum atomic E-state index is 12.3. The van der Waals surface area contributed by atoms with Gasteiger partial charge in [-0.2, -0.15) is 0 Å². The Morgan fingerprint density at radius 1 is 1.00 bits per heavy atom. The molecule has 0 saturated carbocycles. The van der Waals surface area contributed by atoms with Crippen LogP contribution in [0.5, 0.6) is 0 Å². The molecule has 144 valence electrons. The molecule has 0 radical (unpaired) electrons. The van der Waals surface area contributed by atoms with Crippen LogP contribution in [0, 0.1) is 0 Å². The monoisotopic (exact) mass is 391 g/mol. The van der Waals surface area contributed by atoms with Crippen LogP contribution in [0.2, 0.25) is 0 Å². The van der Waals surface area contributed by atoms with Crippen molar-refractivity contribution in [2.24, 2.45) is 0 Å². The third-order valence-corrected chi connectivity index (χ3v) is 4.96. The highest BCUT2D eigenvalue weighted by molar-refractivity contribution is 7.89. The fourth-order valence-electron chi connectivity index (χ4n) is 2.19. The van der Waals surface area contributed by atoms with Gasteiger partial charge in [-0.25, -0.2) is 8.42 Å². The lowest BCUT2D eigenvalue weighted by atomic mass is 10.1. The zero-order valence-corrected chi connectivity index (χ0v) is 16.0. The minimum Gasteiger partial charge on any atom is -0.349 e. The third-order valence-electron chi connectivity index (χ3n) is 3.69. The summed E-state index contributed by atoms with van der Waals surface area (Å²) < 4.78 is 23.6. The smallest absolute Gasteiger partial charge is 0.262 e. The van der Waals surface area contributed by atoms with Crippen LogP contribution in [-0.4, -0.2) is 46.3 Å². The van der Waals surface area contributed by atoms with Gasteiger partial charge in [0.25, 0.3) is 15.9 Å². The Kier molecular flexibility index (Phi) is 6.67. The quantitative estimate of drug-likeness (QED) is 0.695. The molecule has 2 aromatic carbocycles. The van der Waals surface area contributed by atoms with E-state index in [1.54, 1.807) is 38.4 Å². The van der Waals surface area contributed by atoms with Gasteiger partial charge in [0.2, 0.25) is 5.91 Å². The van der Waals surface area contributed by atoms with Gasteiger partial charge in [-0.3, -0.25) is 14.4 Å². The zero-order valence-electron chi connectivity index (χ0n) is 15.2. The zero-order chi connectivity index (χ0) is 20.0. The van der Waals surface area contributed by atoms with Crippen LogP contribution in [0.1, 0.15) is 15.9 Å². The molecule has 9 heteroatoms. The van der Waals surface area contributed by atoms with Gasteiger partial charge < -0.3 is 10.2 Å². The topological polar surface area (TPSA) is 105 Å². The van der Waals surface area contributed by atoms with Crippen molar-refractivity contribution in [3.05, 3.63) is 59.7 Å². The molecule has 0 saturated heterocycles. The fourth-order valence-corrected chi connectivity index (χ4v) is 3.00. The van der Waals surface area contributed by atoms with Crippen molar-refractivity contribution >= 4 is 27.5 Å². The maximum Gasteiger partial charge on any atom is 0.262 e. The van der Waals surface area contributed by atoms with E-state index in [2.05, 4.69) is 10.2 Å². The maximum absolute atomic E-state index is 12.3. The summed E-state index contributed by atoms with van der Waals surface area (Å²) in [5.41, 5.74) is 1.71. The lowest BCUT2D eigenvalue weighted by molar-refractivity contribution is -0.127. The van der Waals surface area contributed by atoms with E-state index in [4.69, 9.17) is 0 Å². The number of sulfonamides is 1. The Balaban J connectivity index is 2.03. The van der Waals surface area contributed by atoms with Crippen LogP contribution in [0.15, 0.2) is 53.4 Å². The largest absolute Gasteiger partial charge is 0.349 e. The Hall–Kier alpha value is -2.75. The number of benzene rings is 2. The van der Waals surface area contributed by atoms with Crippen LogP contribution in [0.25, 0.3) is 0 Å². The van der Waals surface area contributed by atoms with Crippen LogP contribution < -0.4 is 10.2 Å². The second-order valence-corrected chi connectivity index (χ2v) is 7.58. The number of hydrogen-bond acceptors (Lipinski definition) is 5. The minimum absolute atomic E-state index is 0.00945. The van der Waals surface area contributed by atoms with Gasteiger partial charge >= 0.3 is 0 Å². The van der Waals surface area contributed by atoms with Crippen molar-refractivity contribution in [3.63, 3.8) is 0 Å². The molecule has 0 heterocycles. The molecule has 0 aliphatic carbocycles. The van der Waals surface area contributed by atoms with E-state index in [-0.39, 0.29) is 23.1 Å². The number of hydrogen-bond donors (Lipinski definition) is 2. The van der Waals surface area contributed by atoms with Crippen LogP contribution in [0.3, 0.4) is 0 Å². The summed E-state index contributed by atoms with van der Waals surface area (Å²) in [4.78, 5) is 31.8. The number of rotatable bonds is 7. The highest BCUT2D eigenvalue weighted by atomic mass is 32.2. The normalized spacial score (nSPS) is 11.1. The molecule has 8 nitrogen and oxygen atoms in total. The van der Waals surface area contributed by atoms with E-state index in [1.807, 2.05) is 4.89 Å². The van der Waals surface area contributed by atoms with Crippen LogP contribution in [-0.2, 0) is 26.1 Å². The summed E-state index contributed by atoms with van der Waals surface area (Å²) in [7, 11) is 0.814. The number of anilines is 1. The standard InChI is InChI=1S/C18H21N3O5S/c1-21(2)17(22)12-13-4-8-15(9-5-13)19-18(23)14-6-10-16(11-7-14)27(24,25)20-26-3/h4-11,20H,12H2,1-3H3,(H,19,23). The summed E-state index contributed by atoms with van der Waals surface area (Å²) in [6.07, 6.45) is 0.284. The molecule has 0 aliphatic rings. The highest BCUT2D eigenvalue weighted by Crippen LogP contribution is 2.14. The Labute approximate surface area is 158 Å². The van der Waals surface area contributed by atoms with E-state index in [0.717, 1.165) is 5.56 Å². The van der Waals surface area contributed by atoms with Crippen LogP contribution in [0.4, 0.5) is 5.69 Å². The van der Waals surface area contributed by atoms with E-state index in [1.165, 1.54) is 36.3 Å². The van der Waals surface area contributed by atoms with Gasteiger partial charge in [-0.15, -0.1) is 0 Å². The van der Waals surface area contributed by atoms with Crippen molar-refractivity contribution < 1.29 is 22.8 Å². The molecule has 0 aliphatic heterocycles. The number of amides is 2. The highest BCUT2D eigenvalue weighted by Gasteiger charge is 2.14. The Bertz CT molecular complexity index is 907. The lowest BCUT2D eigenvalue weighted by Gasteiger charge is -2.11. The van der Waals surface area contributed by atoms with E-state index in [9.17, 15) is 18.0 Å². The summed E-state index contributed by atoms with van der Waals surface area (Å²) in [6, 6.07) is 12.4. The minimum atomic E-state index is -3.77. The van der Waals surface area contributed by atoms with Crippen LogP contribution >= 0.6 is 0 Å². The van der Waals surface area contributed by atoms with Gasteiger partial charge in [0.15, 0.2) is 0 Å². The van der Waals surface area contributed by atoms with Crippen molar-refractivity contribution in [1.82, 2.24) is 9.79 Å². The molecule has 2 rings (SSSR count). The molecule has 0 spiro atoms. The van der Waals surface area contributed by atoms with E-state index in [0.29, 0.717) is 11.3 Å². The third kappa shape index (κ3) is 5.61. The van der Waals surface area contributed by atoms with Crippen molar-refractivity contribution in [2.75, 3.05) is 26.5 Å². The Morgan fingerprint density at radius 2 is 1.59 bits per heavy atom. The number of carbonyl (C=O) groups excluding carboxylic acids is 2. The van der Waals surface area contributed by atoms with Gasteiger partial charge in [0.1, 0.15) is 0 Å². The van der Waals surface area contributed by atoms with Gasteiger partial charge in [-0.05, 0) is 42.0 Å². The van der Waals surface area contributed by atoms with Crippen molar-refractivity contribution in [2.45, 2.75) is 11.3 Å². The first kappa shape index (κ1) is 20.6. The molecule has 0 atom stereocenters. The molecule has 0 aromatic heterocycles. The Morgan fingerprint density at radius 3 is 2.11 bits per heavy atom. The van der Waals surface area contributed by atoms with Crippen molar-refractivity contribution in [3.8, 4) is 0 Å². The summed E-state index contributed by atoms with van der Waals surface area (Å²) in [5.74, 6) is -0.388. The molecule has 0 fully saturated rings. The first-order valence-electron chi connectivity index (χ1n) is 7.98. The lowest BCUT2D eigenvalue weighted by Crippen LogP contribution is -2.23. The molecule has 27 heavy (non-hydrogen) atoms. The van der Waals surface area contributed by atoms with E-state index < -0.39 is 10.0 Å². The van der Waals surface area contributed by atoms with Gasteiger partial charge in [0.05, 0.1) is 18.4 Å². The van der Waals surface area contributed by atoms with E-state index >= 15 is 0 Å². The average Bonchev–Trinajstić information content (AvgIpc) is 2.63. The molecule has 2 amide bonds. The summed E-state index contributed by atoms with van der Waals surface area (Å²) >= 11 is 0. The second kappa shape index (κ2) is 8.76.